The number of hydrogen-bond acceptors (Lipinski definition) is 4. The molecule has 0 aliphatic heterocycles. The molecular formula is C10H14N2O2. The molecule has 0 saturated heterocycles. The predicted molar refractivity (Wildman–Crippen MR) is 48.9 cm³/mol. The van der Waals surface area contributed by atoms with Crippen molar-refractivity contribution in [1.29, 1.82) is 10.5 Å². The quantitative estimate of drug-likeness (QED) is 0.639. The lowest BCUT2D eigenvalue weighted by Crippen LogP contribution is -2.38. The van der Waals surface area contributed by atoms with Crippen LogP contribution in [0.2, 0.25) is 0 Å². The van der Waals surface area contributed by atoms with Gasteiger partial charge in [0.1, 0.15) is 13.2 Å². The largest absolute Gasteiger partial charge is 0.335 e. The minimum Gasteiger partial charge on any atom is -0.335 e. The monoisotopic (exact) mass is 194 g/mol. The number of nitrogens with zero attached hydrogens (tertiary/aromatic N) is 2. The Labute approximate surface area is 84.0 Å². The molecule has 0 unspecified atom stereocenters. The number of hydrogen-bond donors (Lipinski definition) is 0. The summed E-state index contributed by atoms with van der Waals surface area (Å²) >= 11 is 0. The molecule has 1 aliphatic rings. The summed E-state index contributed by atoms with van der Waals surface area (Å²) in [6.45, 7) is 0.0663. The van der Waals surface area contributed by atoms with E-state index in [1.54, 1.807) is 0 Å². The Kier molecular flexibility index (Phi) is 4.39. The highest BCUT2D eigenvalue weighted by Crippen LogP contribution is 2.32. The van der Waals surface area contributed by atoms with Crippen LogP contribution in [0.25, 0.3) is 0 Å². The van der Waals surface area contributed by atoms with Gasteiger partial charge in [-0.25, -0.2) is 0 Å². The standard InChI is InChI=1S/C10H14N2O2/c11-6-8-13-10(14-9-7-12)4-2-1-3-5-10/h1-5,8-9H2. The van der Waals surface area contributed by atoms with Crippen LogP contribution in [0, 0.1) is 22.7 Å². The second-order valence-electron chi connectivity index (χ2n) is 3.36. The SMILES string of the molecule is N#CCOC1(OCC#N)CCCCC1. The summed E-state index contributed by atoms with van der Waals surface area (Å²) in [5.74, 6) is -0.663. The predicted octanol–water partition coefficient (Wildman–Crippen LogP) is 1.73. The van der Waals surface area contributed by atoms with Gasteiger partial charge in [-0.3, -0.25) is 0 Å². The highest BCUT2D eigenvalue weighted by atomic mass is 16.7. The molecule has 0 heterocycles. The average Bonchev–Trinajstić information content (AvgIpc) is 2.25. The molecule has 0 atom stereocenters. The molecule has 0 aromatic heterocycles. The molecule has 1 rings (SSSR count). The summed E-state index contributed by atoms with van der Waals surface area (Å²) < 4.78 is 10.8. The van der Waals surface area contributed by atoms with E-state index in [0.717, 1.165) is 25.7 Å². The summed E-state index contributed by atoms with van der Waals surface area (Å²) in [5, 5.41) is 16.9. The Morgan fingerprint density at radius 1 is 0.929 bits per heavy atom. The molecule has 0 spiro atoms. The molecule has 76 valence electrons. The van der Waals surface area contributed by atoms with Crippen molar-refractivity contribution in [2.75, 3.05) is 13.2 Å². The lowest BCUT2D eigenvalue weighted by atomic mass is 9.94. The zero-order valence-corrected chi connectivity index (χ0v) is 8.16. The highest BCUT2D eigenvalue weighted by molar-refractivity contribution is 4.81. The lowest BCUT2D eigenvalue weighted by Gasteiger charge is -2.35. The molecule has 0 aromatic rings. The first-order valence-electron chi connectivity index (χ1n) is 4.85. The smallest absolute Gasteiger partial charge is 0.171 e. The molecule has 0 amide bonds. The fraction of sp³-hybridized carbons (Fsp3) is 0.800. The minimum atomic E-state index is -0.663. The number of nitriles is 2. The molecule has 0 N–H and O–H groups in total. The van der Waals surface area contributed by atoms with Gasteiger partial charge in [-0.15, -0.1) is 0 Å². The Morgan fingerprint density at radius 2 is 1.43 bits per heavy atom. The van der Waals surface area contributed by atoms with E-state index in [-0.39, 0.29) is 13.2 Å². The Bertz CT molecular complexity index is 226. The molecular weight excluding hydrogens is 180 g/mol. The van der Waals surface area contributed by atoms with E-state index in [2.05, 4.69) is 0 Å². The third-order valence-corrected chi connectivity index (χ3v) is 2.41. The van der Waals surface area contributed by atoms with Crippen molar-refractivity contribution in [2.45, 2.75) is 37.9 Å². The fourth-order valence-corrected chi connectivity index (χ4v) is 1.75. The Balaban J connectivity index is 2.49. The normalized spacial score (nSPS) is 19.6. The van der Waals surface area contributed by atoms with E-state index in [1.165, 1.54) is 6.42 Å². The molecule has 0 bridgehead atoms. The molecule has 0 aromatic carbocycles. The van der Waals surface area contributed by atoms with Crippen molar-refractivity contribution in [2.24, 2.45) is 0 Å². The van der Waals surface area contributed by atoms with Crippen LogP contribution in [0.15, 0.2) is 0 Å². The van der Waals surface area contributed by atoms with E-state index >= 15 is 0 Å². The van der Waals surface area contributed by atoms with Crippen LogP contribution in [0.4, 0.5) is 0 Å². The number of ether oxygens (including phenoxy) is 2. The molecule has 1 fully saturated rings. The average molecular weight is 194 g/mol. The topological polar surface area (TPSA) is 66.0 Å². The van der Waals surface area contributed by atoms with Crippen molar-refractivity contribution < 1.29 is 9.47 Å². The minimum absolute atomic E-state index is 0.0332. The molecule has 4 nitrogen and oxygen atoms in total. The maximum atomic E-state index is 8.44. The van der Waals surface area contributed by atoms with Crippen LogP contribution >= 0.6 is 0 Å². The Hall–Kier alpha value is -1.10. The van der Waals surface area contributed by atoms with E-state index in [0.29, 0.717) is 0 Å². The summed E-state index contributed by atoms with van der Waals surface area (Å²) in [5.41, 5.74) is 0. The molecule has 4 heteroatoms. The van der Waals surface area contributed by atoms with Crippen LogP contribution in [-0.2, 0) is 9.47 Å². The van der Waals surface area contributed by atoms with Gasteiger partial charge in [-0.2, -0.15) is 10.5 Å². The Morgan fingerprint density at radius 3 is 1.86 bits per heavy atom. The number of rotatable bonds is 4. The molecule has 14 heavy (non-hydrogen) atoms. The second kappa shape index (κ2) is 5.59. The highest BCUT2D eigenvalue weighted by Gasteiger charge is 2.33. The van der Waals surface area contributed by atoms with E-state index in [1.807, 2.05) is 12.1 Å². The first-order chi connectivity index (χ1) is 6.83. The summed E-state index contributed by atoms with van der Waals surface area (Å²) in [4.78, 5) is 0. The van der Waals surface area contributed by atoms with Crippen LogP contribution in [-0.4, -0.2) is 19.0 Å². The van der Waals surface area contributed by atoms with E-state index in [9.17, 15) is 0 Å². The van der Waals surface area contributed by atoms with Crippen LogP contribution < -0.4 is 0 Å². The van der Waals surface area contributed by atoms with Gasteiger partial charge in [0, 0.05) is 12.8 Å². The summed E-state index contributed by atoms with van der Waals surface area (Å²) in [6, 6.07) is 3.86. The van der Waals surface area contributed by atoms with E-state index in [4.69, 9.17) is 20.0 Å². The van der Waals surface area contributed by atoms with E-state index < -0.39 is 5.79 Å². The van der Waals surface area contributed by atoms with Gasteiger partial charge < -0.3 is 9.47 Å². The van der Waals surface area contributed by atoms with Crippen LogP contribution in [0.1, 0.15) is 32.1 Å². The van der Waals surface area contributed by atoms with Gasteiger partial charge in [0.05, 0.1) is 12.1 Å². The van der Waals surface area contributed by atoms with Gasteiger partial charge in [-0.05, 0) is 12.8 Å². The van der Waals surface area contributed by atoms with Gasteiger partial charge >= 0.3 is 0 Å². The van der Waals surface area contributed by atoms with Crippen molar-refractivity contribution in [3.63, 3.8) is 0 Å². The third-order valence-electron chi connectivity index (χ3n) is 2.41. The summed E-state index contributed by atoms with van der Waals surface area (Å²) in [7, 11) is 0. The van der Waals surface area contributed by atoms with Crippen molar-refractivity contribution in [3.05, 3.63) is 0 Å². The summed E-state index contributed by atoms with van der Waals surface area (Å²) in [6.07, 6.45) is 4.83. The van der Waals surface area contributed by atoms with Crippen LogP contribution in [0.5, 0.6) is 0 Å². The fourth-order valence-electron chi connectivity index (χ4n) is 1.75. The first-order valence-corrected chi connectivity index (χ1v) is 4.85. The van der Waals surface area contributed by atoms with Gasteiger partial charge in [0.2, 0.25) is 0 Å². The maximum absolute atomic E-state index is 8.44. The zero-order valence-electron chi connectivity index (χ0n) is 8.16. The zero-order chi connectivity index (χ0) is 10.3. The van der Waals surface area contributed by atoms with Gasteiger partial charge in [0.25, 0.3) is 0 Å². The molecule has 1 saturated carbocycles. The van der Waals surface area contributed by atoms with Crippen molar-refractivity contribution >= 4 is 0 Å². The van der Waals surface area contributed by atoms with Gasteiger partial charge in [0.15, 0.2) is 5.79 Å². The third kappa shape index (κ3) is 2.99. The van der Waals surface area contributed by atoms with Crippen molar-refractivity contribution in [1.82, 2.24) is 0 Å². The second-order valence-corrected chi connectivity index (χ2v) is 3.36. The van der Waals surface area contributed by atoms with Gasteiger partial charge in [-0.1, -0.05) is 6.42 Å². The molecule has 1 aliphatic carbocycles. The first kappa shape index (κ1) is 11.0. The lowest BCUT2D eigenvalue weighted by molar-refractivity contribution is -0.239. The van der Waals surface area contributed by atoms with Crippen molar-refractivity contribution in [3.8, 4) is 12.1 Å². The molecule has 0 radical (unpaired) electrons. The maximum Gasteiger partial charge on any atom is 0.171 e. The van der Waals surface area contributed by atoms with Crippen LogP contribution in [0.3, 0.4) is 0 Å².